The molecule has 1 amide bonds. The Balaban J connectivity index is 1.89. The molecular formula is C19H16FNO. The molecule has 3 heteroatoms. The monoisotopic (exact) mass is 293 g/mol. The van der Waals surface area contributed by atoms with Crippen LogP contribution in [0, 0.1) is 5.82 Å². The predicted molar refractivity (Wildman–Crippen MR) is 86.2 cm³/mol. The average molecular weight is 293 g/mol. The Labute approximate surface area is 128 Å². The summed E-state index contributed by atoms with van der Waals surface area (Å²) in [6.07, 6.45) is 0. The molecule has 3 aromatic rings. The van der Waals surface area contributed by atoms with Gasteiger partial charge in [-0.15, -0.1) is 0 Å². The summed E-state index contributed by atoms with van der Waals surface area (Å²) in [6, 6.07) is 19.4. The molecule has 3 aromatic carbocycles. The molecule has 1 N–H and O–H groups in total. The van der Waals surface area contributed by atoms with E-state index < -0.39 is 6.04 Å². The summed E-state index contributed by atoms with van der Waals surface area (Å²) in [6.45, 7) is 1.78. The van der Waals surface area contributed by atoms with Crippen LogP contribution in [-0.4, -0.2) is 5.91 Å². The molecule has 0 radical (unpaired) electrons. The maximum atomic E-state index is 13.8. The highest BCUT2D eigenvalue weighted by atomic mass is 19.1. The van der Waals surface area contributed by atoms with Gasteiger partial charge >= 0.3 is 0 Å². The molecule has 0 aliphatic rings. The molecule has 22 heavy (non-hydrogen) atoms. The zero-order valence-electron chi connectivity index (χ0n) is 12.2. The first-order chi connectivity index (χ1) is 10.7. The number of amides is 1. The van der Waals surface area contributed by atoms with Crippen molar-refractivity contribution in [2.75, 3.05) is 0 Å². The van der Waals surface area contributed by atoms with E-state index in [9.17, 15) is 9.18 Å². The SMILES string of the molecule is CC(NC(=O)c1cccc2ccccc12)c1ccccc1F. The topological polar surface area (TPSA) is 29.1 Å². The van der Waals surface area contributed by atoms with Crippen molar-refractivity contribution in [3.63, 3.8) is 0 Å². The van der Waals surface area contributed by atoms with Crippen molar-refractivity contribution in [3.05, 3.63) is 83.7 Å². The van der Waals surface area contributed by atoms with Gasteiger partial charge in [0.1, 0.15) is 5.82 Å². The Morgan fingerprint density at radius 1 is 0.955 bits per heavy atom. The van der Waals surface area contributed by atoms with E-state index in [0.29, 0.717) is 11.1 Å². The first-order valence-corrected chi connectivity index (χ1v) is 7.20. The van der Waals surface area contributed by atoms with E-state index in [2.05, 4.69) is 5.32 Å². The minimum absolute atomic E-state index is 0.201. The number of hydrogen-bond donors (Lipinski definition) is 1. The second kappa shape index (κ2) is 5.98. The van der Waals surface area contributed by atoms with Crippen LogP contribution in [0.3, 0.4) is 0 Å². The van der Waals surface area contributed by atoms with Crippen molar-refractivity contribution in [2.45, 2.75) is 13.0 Å². The van der Waals surface area contributed by atoms with Crippen molar-refractivity contribution >= 4 is 16.7 Å². The molecule has 0 aliphatic carbocycles. The number of carbonyl (C=O) groups is 1. The lowest BCUT2D eigenvalue weighted by Gasteiger charge is -2.16. The normalized spacial score (nSPS) is 12.1. The number of fused-ring (bicyclic) bond motifs is 1. The van der Waals surface area contributed by atoms with Crippen LogP contribution in [0.1, 0.15) is 28.9 Å². The van der Waals surface area contributed by atoms with E-state index in [-0.39, 0.29) is 11.7 Å². The van der Waals surface area contributed by atoms with Crippen molar-refractivity contribution in [1.29, 1.82) is 0 Å². The second-order valence-electron chi connectivity index (χ2n) is 5.24. The molecule has 0 spiro atoms. The highest BCUT2D eigenvalue weighted by Crippen LogP contribution is 2.21. The lowest BCUT2D eigenvalue weighted by atomic mass is 10.0. The van der Waals surface area contributed by atoms with E-state index in [1.54, 1.807) is 31.2 Å². The molecule has 0 saturated carbocycles. The van der Waals surface area contributed by atoms with Gasteiger partial charge in [-0.2, -0.15) is 0 Å². The zero-order valence-corrected chi connectivity index (χ0v) is 12.2. The van der Waals surface area contributed by atoms with Crippen molar-refractivity contribution in [1.82, 2.24) is 5.32 Å². The number of benzene rings is 3. The average Bonchev–Trinajstić information content (AvgIpc) is 2.54. The van der Waals surface area contributed by atoms with Gasteiger partial charge in [-0.25, -0.2) is 4.39 Å². The van der Waals surface area contributed by atoms with Crippen LogP contribution < -0.4 is 5.32 Å². The van der Waals surface area contributed by atoms with E-state index in [0.717, 1.165) is 10.8 Å². The lowest BCUT2D eigenvalue weighted by Crippen LogP contribution is -2.27. The van der Waals surface area contributed by atoms with Crippen LogP contribution in [-0.2, 0) is 0 Å². The number of carbonyl (C=O) groups excluding carboxylic acids is 1. The predicted octanol–water partition coefficient (Wildman–Crippen LogP) is 4.47. The third-order valence-electron chi connectivity index (χ3n) is 3.75. The van der Waals surface area contributed by atoms with Gasteiger partial charge in [0.05, 0.1) is 6.04 Å². The van der Waals surface area contributed by atoms with Crippen molar-refractivity contribution in [2.24, 2.45) is 0 Å². The van der Waals surface area contributed by atoms with E-state index in [4.69, 9.17) is 0 Å². The summed E-state index contributed by atoms with van der Waals surface area (Å²) in [5.74, 6) is -0.513. The molecule has 2 nitrogen and oxygen atoms in total. The van der Waals surface area contributed by atoms with E-state index in [1.165, 1.54) is 6.07 Å². The maximum absolute atomic E-state index is 13.8. The summed E-state index contributed by atoms with van der Waals surface area (Å²) in [5, 5.41) is 4.77. The first kappa shape index (κ1) is 14.3. The first-order valence-electron chi connectivity index (χ1n) is 7.20. The van der Waals surface area contributed by atoms with E-state index in [1.807, 2.05) is 36.4 Å². The van der Waals surface area contributed by atoms with Gasteiger partial charge in [-0.1, -0.05) is 54.6 Å². The van der Waals surface area contributed by atoms with Crippen LogP contribution >= 0.6 is 0 Å². The van der Waals surface area contributed by atoms with Gasteiger partial charge in [-0.05, 0) is 29.8 Å². The number of nitrogens with one attached hydrogen (secondary N) is 1. The molecule has 0 aliphatic heterocycles. The van der Waals surface area contributed by atoms with Crippen LogP contribution in [0.2, 0.25) is 0 Å². The van der Waals surface area contributed by atoms with Crippen LogP contribution in [0.5, 0.6) is 0 Å². The maximum Gasteiger partial charge on any atom is 0.252 e. The van der Waals surface area contributed by atoms with Gasteiger partial charge < -0.3 is 5.32 Å². The fourth-order valence-corrected chi connectivity index (χ4v) is 2.60. The molecule has 0 aromatic heterocycles. The molecule has 3 rings (SSSR count). The molecule has 0 saturated heterocycles. The Bertz CT molecular complexity index is 823. The molecule has 0 heterocycles. The third-order valence-corrected chi connectivity index (χ3v) is 3.75. The minimum atomic E-state index is -0.396. The Hall–Kier alpha value is -2.68. The number of rotatable bonds is 3. The molecule has 0 fully saturated rings. The van der Waals surface area contributed by atoms with Gasteiger partial charge in [0.25, 0.3) is 5.91 Å². The van der Waals surface area contributed by atoms with Crippen LogP contribution in [0.4, 0.5) is 4.39 Å². The van der Waals surface area contributed by atoms with E-state index >= 15 is 0 Å². The van der Waals surface area contributed by atoms with Gasteiger partial charge in [0.2, 0.25) is 0 Å². The Morgan fingerprint density at radius 3 is 2.45 bits per heavy atom. The highest BCUT2D eigenvalue weighted by Gasteiger charge is 2.15. The quantitative estimate of drug-likeness (QED) is 0.758. The smallest absolute Gasteiger partial charge is 0.252 e. The fourth-order valence-electron chi connectivity index (χ4n) is 2.60. The van der Waals surface area contributed by atoms with Crippen LogP contribution in [0.15, 0.2) is 66.7 Å². The van der Waals surface area contributed by atoms with Crippen molar-refractivity contribution < 1.29 is 9.18 Å². The number of hydrogen-bond acceptors (Lipinski definition) is 1. The molecule has 0 bridgehead atoms. The molecular weight excluding hydrogens is 277 g/mol. The fraction of sp³-hybridized carbons (Fsp3) is 0.105. The van der Waals surface area contributed by atoms with Gasteiger partial charge in [-0.3, -0.25) is 4.79 Å². The van der Waals surface area contributed by atoms with Gasteiger partial charge in [0.15, 0.2) is 0 Å². The second-order valence-corrected chi connectivity index (χ2v) is 5.24. The molecule has 110 valence electrons. The Morgan fingerprint density at radius 2 is 1.64 bits per heavy atom. The summed E-state index contributed by atoms with van der Waals surface area (Å²) in [4.78, 5) is 12.5. The summed E-state index contributed by atoms with van der Waals surface area (Å²) in [7, 11) is 0. The molecule has 1 atom stereocenters. The Kier molecular flexibility index (Phi) is 3.88. The summed E-state index contributed by atoms with van der Waals surface area (Å²) in [5.41, 5.74) is 1.08. The number of halogens is 1. The van der Waals surface area contributed by atoms with Crippen molar-refractivity contribution in [3.8, 4) is 0 Å². The van der Waals surface area contributed by atoms with Gasteiger partial charge in [0, 0.05) is 11.1 Å². The third kappa shape index (κ3) is 2.70. The zero-order chi connectivity index (χ0) is 15.5. The highest BCUT2D eigenvalue weighted by molar-refractivity contribution is 6.07. The molecule has 1 unspecified atom stereocenters. The summed E-state index contributed by atoms with van der Waals surface area (Å²) >= 11 is 0. The lowest BCUT2D eigenvalue weighted by molar-refractivity contribution is 0.0941. The minimum Gasteiger partial charge on any atom is -0.345 e. The standard InChI is InChI=1S/C19H16FNO/c1-13(15-9-4-5-12-18(15)20)21-19(22)17-11-6-8-14-7-2-3-10-16(14)17/h2-13H,1H3,(H,21,22). The van der Waals surface area contributed by atoms with Crippen LogP contribution in [0.25, 0.3) is 10.8 Å². The summed E-state index contributed by atoms with van der Waals surface area (Å²) < 4.78 is 13.8. The largest absolute Gasteiger partial charge is 0.345 e.